The molecular formula is C26H20FNO4S. The lowest BCUT2D eigenvalue weighted by Crippen LogP contribution is -2.23. The Morgan fingerprint density at radius 2 is 1.73 bits per heavy atom. The third-order valence-electron chi connectivity index (χ3n) is 4.90. The van der Waals surface area contributed by atoms with Crippen LogP contribution in [0.5, 0.6) is 11.5 Å². The van der Waals surface area contributed by atoms with Crippen LogP contribution in [0.4, 0.5) is 4.39 Å². The third kappa shape index (κ3) is 5.45. The summed E-state index contributed by atoms with van der Waals surface area (Å²) in [7, 11) is 1.33. The molecule has 5 nitrogen and oxygen atoms in total. The molecule has 0 aliphatic carbocycles. The van der Waals surface area contributed by atoms with E-state index in [0.717, 1.165) is 16.0 Å². The molecule has 0 unspecified atom stereocenters. The molecule has 4 rings (SSSR count). The number of carbonyl (C=O) groups is 2. The first-order chi connectivity index (χ1) is 16.0. The van der Waals surface area contributed by atoms with Crippen LogP contribution in [0.3, 0.4) is 0 Å². The summed E-state index contributed by atoms with van der Waals surface area (Å²) in [4.78, 5) is 25.7. The van der Waals surface area contributed by atoms with E-state index in [1.165, 1.54) is 31.4 Å². The van der Waals surface area contributed by atoms with Crippen molar-refractivity contribution in [2.45, 2.75) is 6.54 Å². The maximum absolute atomic E-state index is 13.2. The Hall–Kier alpha value is -3.97. The molecule has 0 aliphatic heterocycles. The highest BCUT2D eigenvalue weighted by atomic mass is 32.1. The molecule has 0 bridgehead atoms. The zero-order valence-corrected chi connectivity index (χ0v) is 18.5. The minimum atomic E-state index is -0.418. The molecule has 0 fully saturated rings. The number of benzene rings is 3. The monoisotopic (exact) mass is 461 g/mol. The molecule has 1 heterocycles. The van der Waals surface area contributed by atoms with E-state index in [2.05, 4.69) is 5.32 Å². The van der Waals surface area contributed by atoms with Gasteiger partial charge in [-0.15, -0.1) is 11.3 Å². The Morgan fingerprint density at radius 3 is 2.39 bits per heavy atom. The average Bonchev–Trinajstić information content (AvgIpc) is 3.39. The van der Waals surface area contributed by atoms with Gasteiger partial charge in [-0.2, -0.15) is 0 Å². The molecule has 0 aliphatic rings. The number of rotatable bonds is 7. The molecule has 7 heteroatoms. The summed E-state index contributed by atoms with van der Waals surface area (Å²) in [6.07, 6.45) is 0. The molecule has 166 valence electrons. The second kappa shape index (κ2) is 10.1. The van der Waals surface area contributed by atoms with Crippen molar-refractivity contribution in [3.05, 3.63) is 107 Å². The number of thiophene rings is 1. The number of amides is 1. The van der Waals surface area contributed by atoms with Crippen molar-refractivity contribution >= 4 is 23.2 Å². The SMILES string of the molecule is COC(=O)c1ccc(CNC(=O)c2cc(-c3cccs3)ccc2Oc2ccc(F)cc2)cc1. The molecule has 0 saturated heterocycles. The molecule has 33 heavy (non-hydrogen) atoms. The first-order valence-electron chi connectivity index (χ1n) is 10.1. The second-order valence-corrected chi connectivity index (χ2v) is 8.06. The number of esters is 1. The van der Waals surface area contributed by atoms with Crippen LogP contribution in [0.2, 0.25) is 0 Å². The lowest BCUT2D eigenvalue weighted by molar-refractivity contribution is 0.0600. The van der Waals surface area contributed by atoms with Crippen LogP contribution in [-0.4, -0.2) is 19.0 Å². The topological polar surface area (TPSA) is 64.6 Å². The van der Waals surface area contributed by atoms with Crippen LogP contribution in [0, 0.1) is 5.82 Å². The lowest BCUT2D eigenvalue weighted by Gasteiger charge is -2.13. The van der Waals surface area contributed by atoms with Crippen LogP contribution in [0.25, 0.3) is 10.4 Å². The van der Waals surface area contributed by atoms with E-state index in [-0.39, 0.29) is 18.3 Å². The van der Waals surface area contributed by atoms with E-state index in [1.807, 2.05) is 23.6 Å². The third-order valence-corrected chi connectivity index (χ3v) is 5.82. The summed E-state index contributed by atoms with van der Waals surface area (Å²) in [5.74, 6) is -0.319. The van der Waals surface area contributed by atoms with Gasteiger partial charge in [0.2, 0.25) is 0 Å². The van der Waals surface area contributed by atoms with E-state index >= 15 is 0 Å². The summed E-state index contributed by atoms with van der Waals surface area (Å²) in [5, 5.41) is 4.86. The van der Waals surface area contributed by atoms with Gasteiger partial charge in [0, 0.05) is 11.4 Å². The molecule has 4 aromatic rings. The van der Waals surface area contributed by atoms with Crippen LogP contribution >= 0.6 is 11.3 Å². The van der Waals surface area contributed by atoms with Crippen LogP contribution in [0.1, 0.15) is 26.3 Å². The number of hydrogen-bond donors (Lipinski definition) is 1. The Bertz CT molecular complexity index is 1250. The standard InChI is InChI=1S/C26H20FNO4S/c1-31-26(30)18-6-4-17(5-7-18)16-28-25(29)22-15-19(24-3-2-14-33-24)8-13-23(22)32-21-11-9-20(27)10-12-21/h2-15H,16H2,1H3,(H,28,29). The Balaban J connectivity index is 1.56. The highest BCUT2D eigenvalue weighted by Crippen LogP contribution is 2.32. The van der Waals surface area contributed by atoms with Crippen LogP contribution in [-0.2, 0) is 11.3 Å². The minimum absolute atomic E-state index is 0.263. The number of methoxy groups -OCH3 is 1. The van der Waals surface area contributed by atoms with Crippen molar-refractivity contribution in [3.63, 3.8) is 0 Å². The normalized spacial score (nSPS) is 10.5. The van der Waals surface area contributed by atoms with Crippen molar-refractivity contribution in [1.82, 2.24) is 5.32 Å². The van der Waals surface area contributed by atoms with Crippen molar-refractivity contribution in [1.29, 1.82) is 0 Å². The Kier molecular flexibility index (Phi) is 6.80. The highest BCUT2D eigenvalue weighted by Gasteiger charge is 2.16. The van der Waals surface area contributed by atoms with Gasteiger partial charge in [0.25, 0.3) is 5.91 Å². The minimum Gasteiger partial charge on any atom is -0.465 e. The molecule has 0 radical (unpaired) electrons. The molecule has 0 saturated carbocycles. The van der Waals surface area contributed by atoms with Gasteiger partial charge in [-0.05, 0) is 77.2 Å². The number of halogens is 1. The average molecular weight is 462 g/mol. The Morgan fingerprint density at radius 1 is 0.970 bits per heavy atom. The molecule has 1 amide bonds. The number of hydrogen-bond acceptors (Lipinski definition) is 5. The number of carbonyl (C=O) groups excluding carboxylic acids is 2. The number of nitrogens with one attached hydrogen (secondary N) is 1. The first-order valence-corrected chi connectivity index (χ1v) is 11.0. The predicted octanol–water partition coefficient (Wildman–Crippen LogP) is 6.06. The number of ether oxygens (including phenoxy) is 2. The lowest BCUT2D eigenvalue weighted by atomic mass is 10.1. The zero-order chi connectivity index (χ0) is 23.2. The summed E-state index contributed by atoms with van der Waals surface area (Å²) < 4.78 is 23.8. The quantitative estimate of drug-likeness (QED) is 0.340. The van der Waals surface area contributed by atoms with Gasteiger partial charge in [0.05, 0.1) is 18.2 Å². The zero-order valence-electron chi connectivity index (χ0n) is 17.7. The summed E-state index contributed by atoms with van der Waals surface area (Å²) in [6, 6.07) is 21.7. The van der Waals surface area contributed by atoms with Gasteiger partial charge in [0.15, 0.2) is 0 Å². The van der Waals surface area contributed by atoms with Gasteiger partial charge in [-0.3, -0.25) is 4.79 Å². The molecule has 1 aromatic heterocycles. The van der Waals surface area contributed by atoms with Crippen LogP contribution in [0.15, 0.2) is 84.2 Å². The highest BCUT2D eigenvalue weighted by molar-refractivity contribution is 7.13. The fraction of sp³-hybridized carbons (Fsp3) is 0.0769. The summed E-state index contributed by atoms with van der Waals surface area (Å²) in [6.45, 7) is 0.263. The van der Waals surface area contributed by atoms with Crippen molar-refractivity contribution in [2.24, 2.45) is 0 Å². The molecular weight excluding hydrogens is 441 g/mol. The fourth-order valence-electron chi connectivity index (χ4n) is 3.18. The fourth-order valence-corrected chi connectivity index (χ4v) is 3.90. The van der Waals surface area contributed by atoms with Gasteiger partial charge in [0.1, 0.15) is 17.3 Å². The van der Waals surface area contributed by atoms with Crippen molar-refractivity contribution in [3.8, 4) is 21.9 Å². The predicted molar refractivity (Wildman–Crippen MR) is 125 cm³/mol. The molecule has 1 N–H and O–H groups in total. The largest absolute Gasteiger partial charge is 0.465 e. The van der Waals surface area contributed by atoms with Gasteiger partial charge in [-0.1, -0.05) is 18.2 Å². The first kappa shape index (κ1) is 22.2. The van der Waals surface area contributed by atoms with E-state index in [9.17, 15) is 14.0 Å². The maximum Gasteiger partial charge on any atom is 0.337 e. The van der Waals surface area contributed by atoms with E-state index in [4.69, 9.17) is 9.47 Å². The molecule has 0 spiro atoms. The molecule has 0 atom stereocenters. The van der Waals surface area contributed by atoms with E-state index in [1.54, 1.807) is 47.7 Å². The Labute approximate surface area is 194 Å². The van der Waals surface area contributed by atoms with Crippen LogP contribution < -0.4 is 10.1 Å². The molecule has 3 aromatic carbocycles. The smallest absolute Gasteiger partial charge is 0.337 e. The van der Waals surface area contributed by atoms with Crippen molar-refractivity contribution < 1.29 is 23.5 Å². The van der Waals surface area contributed by atoms with Gasteiger partial charge < -0.3 is 14.8 Å². The van der Waals surface area contributed by atoms with Gasteiger partial charge >= 0.3 is 5.97 Å². The van der Waals surface area contributed by atoms with E-state index in [0.29, 0.717) is 22.6 Å². The summed E-state index contributed by atoms with van der Waals surface area (Å²) in [5.41, 5.74) is 2.51. The van der Waals surface area contributed by atoms with Gasteiger partial charge in [-0.25, -0.2) is 9.18 Å². The van der Waals surface area contributed by atoms with E-state index < -0.39 is 5.97 Å². The maximum atomic E-state index is 13.2. The summed E-state index contributed by atoms with van der Waals surface area (Å²) >= 11 is 1.57. The van der Waals surface area contributed by atoms with Crippen molar-refractivity contribution in [2.75, 3.05) is 7.11 Å². The second-order valence-electron chi connectivity index (χ2n) is 7.12.